The number of carbonyl (C=O) groups excluding carboxylic acids is 2. The van der Waals surface area contributed by atoms with Crippen LogP contribution in [0, 0.1) is 11.7 Å². The first-order chi connectivity index (χ1) is 9.90. The lowest BCUT2D eigenvalue weighted by Crippen LogP contribution is -2.29. The van der Waals surface area contributed by atoms with Crippen LogP contribution in [0.2, 0.25) is 0 Å². The van der Waals surface area contributed by atoms with Crippen LogP contribution in [0.25, 0.3) is 0 Å². The lowest BCUT2D eigenvalue weighted by molar-refractivity contribution is -0.122. The van der Waals surface area contributed by atoms with Crippen molar-refractivity contribution in [1.29, 1.82) is 0 Å². The molecule has 1 saturated carbocycles. The van der Waals surface area contributed by atoms with Gasteiger partial charge >= 0.3 is 0 Å². The van der Waals surface area contributed by atoms with E-state index in [0.29, 0.717) is 18.5 Å². The summed E-state index contributed by atoms with van der Waals surface area (Å²) in [6.45, 7) is 0. The van der Waals surface area contributed by atoms with Gasteiger partial charge in [0, 0.05) is 19.8 Å². The molecule has 1 fully saturated rings. The van der Waals surface area contributed by atoms with Crippen molar-refractivity contribution < 1.29 is 19.1 Å². The third-order valence-electron chi connectivity index (χ3n) is 3.69. The quantitative estimate of drug-likeness (QED) is 0.890. The van der Waals surface area contributed by atoms with Crippen LogP contribution in [0.3, 0.4) is 0 Å². The Kier molecular flexibility index (Phi) is 4.57. The Morgan fingerprint density at radius 1 is 1.33 bits per heavy atom. The molecule has 1 aliphatic rings. The van der Waals surface area contributed by atoms with E-state index >= 15 is 0 Å². The van der Waals surface area contributed by atoms with E-state index < -0.39 is 23.7 Å². The Morgan fingerprint density at radius 2 is 2.05 bits per heavy atom. The van der Waals surface area contributed by atoms with Crippen LogP contribution >= 0.6 is 0 Å². The molecule has 21 heavy (non-hydrogen) atoms. The third-order valence-corrected chi connectivity index (χ3v) is 3.69. The van der Waals surface area contributed by atoms with E-state index in [1.54, 1.807) is 0 Å². The van der Waals surface area contributed by atoms with Gasteiger partial charge in [-0.15, -0.1) is 0 Å². The zero-order valence-electron chi connectivity index (χ0n) is 12.1. The first kappa shape index (κ1) is 15.4. The molecule has 2 atom stereocenters. The van der Waals surface area contributed by atoms with E-state index in [2.05, 4.69) is 5.32 Å². The van der Waals surface area contributed by atoms with Gasteiger partial charge in [0.2, 0.25) is 5.91 Å². The molecule has 0 radical (unpaired) electrons. The number of hydrogen-bond acceptors (Lipinski definition) is 3. The smallest absolute Gasteiger partial charge is 0.256 e. The van der Waals surface area contributed by atoms with E-state index in [0.717, 1.165) is 12.5 Å². The second-order valence-electron chi connectivity index (χ2n) is 5.49. The first-order valence-electron chi connectivity index (χ1n) is 6.90. The Bertz CT molecular complexity index is 560. The van der Waals surface area contributed by atoms with Gasteiger partial charge < -0.3 is 15.3 Å². The molecular formula is C15H19FN2O3. The predicted octanol–water partition coefficient (Wildman–Crippen LogP) is 1.63. The minimum atomic E-state index is -0.632. The number of halogens is 1. The van der Waals surface area contributed by atoms with Crippen molar-refractivity contribution in [3.8, 4) is 0 Å². The monoisotopic (exact) mass is 294 g/mol. The molecular weight excluding hydrogens is 275 g/mol. The van der Waals surface area contributed by atoms with Crippen LogP contribution < -0.4 is 5.32 Å². The third kappa shape index (κ3) is 3.39. The van der Waals surface area contributed by atoms with Crippen LogP contribution in [0.15, 0.2) is 18.2 Å². The van der Waals surface area contributed by atoms with Crippen LogP contribution in [-0.4, -0.2) is 42.0 Å². The number of rotatable bonds is 3. The van der Waals surface area contributed by atoms with E-state index in [9.17, 15) is 19.1 Å². The summed E-state index contributed by atoms with van der Waals surface area (Å²) in [6, 6.07) is 3.87. The summed E-state index contributed by atoms with van der Waals surface area (Å²) in [4.78, 5) is 25.2. The molecule has 0 aromatic heterocycles. The number of nitrogens with one attached hydrogen (secondary N) is 1. The number of nitrogens with zero attached hydrogens (tertiary/aromatic N) is 1. The summed E-state index contributed by atoms with van der Waals surface area (Å²) >= 11 is 0. The van der Waals surface area contributed by atoms with Gasteiger partial charge in [0.25, 0.3) is 5.91 Å². The molecule has 1 aromatic carbocycles. The summed E-state index contributed by atoms with van der Waals surface area (Å²) < 4.78 is 13.7. The normalized spacial score (nSPS) is 21.1. The second-order valence-corrected chi connectivity index (χ2v) is 5.49. The fraction of sp³-hybridized carbons (Fsp3) is 0.467. The molecule has 0 aliphatic heterocycles. The van der Waals surface area contributed by atoms with Crippen LogP contribution in [-0.2, 0) is 4.79 Å². The molecule has 1 aromatic rings. The number of aliphatic hydroxyl groups is 1. The fourth-order valence-electron chi connectivity index (χ4n) is 2.49. The fourth-order valence-corrected chi connectivity index (χ4v) is 2.49. The molecule has 1 aliphatic carbocycles. The molecule has 0 spiro atoms. The molecule has 114 valence electrons. The van der Waals surface area contributed by atoms with E-state index in [1.165, 1.54) is 31.1 Å². The molecule has 2 rings (SSSR count). The minimum absolute atomic E-state index is 0.0928. The molecule has 5 nitrogen and oxygen atoms in total. The van der Waals surface area contributed by atoms with Gasteiger partial charge in [-0.3, -0.25) is 9.59 Å². The second kappa shape index (κ2) is 6.22. The van der Waals surface area contributed by atoms with Crippen molar-refractivity contribution in [2.75, 3.05) is 19.4 Å². The maximum atomic E-state index is 13.7. The molecule has 2 unspecified atom stereocenters. The van der Waals surface area contributed by atoms with Gasteiger partial charge in [0.1, 0.15) is 5.82 Å². The summed E-state index contributed by atoms with van der Waals surface area (Å²) in [6.07, 6.45) is 1.43. The lowest BCUT2D eigenvalue weighted by atomic mass is 10.0. The van der Waals surface area contributed by atoms with Gasteiger partial charge in [-0.1, -0.05) is 0 Å². The van der Waals surface area contributed by atoms with Crippen LogP contribution in [0.4, 0.5) is 10.1 Å². The maximum Gasteiger partial charge on any atom is 0.256 e. The summed E-state index contributed by atoms with van der Waals surface area (Å²) in [7, 11) is 3.06. The molecule has 0 bridgehead atoms. The van der Waals surface area contributed by atoms with Crippen molar-refractivity contribution in [1.82, 2.24) is 4.90 Å². The van der Waals surface area contributed by atoms with Gasteiger partial charge in [-0.2, -0.15) is 0 Å². The Morgan fingerprint density at radius 3 is 2.62 bits per heavy atom. The molecule has 2 N–H and O–H groups in total. The number of aliphatic hydroxyl groups excluding tert-OH is 1. The van der Waals surface area contributed by atoms with Crippen LogP contribution in [0.1, 0.15) is 29.6 Å². The average molecular weight is 294 g/mol. The van der Waals surface area contributed by atoms with Gasteiger partial charge in [0.05, 0.1) is 17.6 Å². The van der Waals surface area contributed by atoms with Gasteiger partial charge in [0.15, 0.2) is 0 Å². The van der Waals surface area contributed by atoms with Crippen LogP contribution in [0.5, 0.6) is 0 Å². The van der Waals surface area contributed by atoms with Gasteiger partial charge in [-0.05, 0) is 37.5 Å². The Labute approximate surface area is 122 Å². The molecule has 0 saturated heterocycles. The van der Waals surface area contributed by atoms with Crippen molar-refractivity contribution in [3.05, 3.63) is 29.6 Å². The van der Waals surface area contributed by atoms with Crippen molar-refractivity contribution >= 4 is 17.5 Å². The van der Waals surface area contributed by atoms with Crippen molar-refractivity contribution in [2.45, 2.75) is 25.4 Å². The average Bonchev–Trinajstić information content (AvgIpc) is 2.86. The largest absolute Gasteiger partial charge is 0.392 e. The number of carbonyl (C=O) groups is 2. The highest BCUT2D eigenvalue weighted by Gasteiger charge is 2.31. The zero-order chi connectivity index (χ0) is 15.6. The summed E-state index contributed by atoms with van der Waals surface area (Å²) in [5.74, 6) is -1.84. The van der Waals surface area contributed by atoms with E-state index in [-0.39, 0.29) is 11.5 Å². The highest BCUT2D eigenvalue weighted by molar-refractivity contribution is 5.97. The lowest BCUT2D eigenvalue weighted by Gasteiger charge is -2.16. The standard InChI is InChI=1S/C15H19FN2O3/c1-18(2)15(21)11-8-9(6-7-12(11)16)17-14(20)10-4-3-5-13(10)19/h6-8,10,13,19H,3-5H2,1-2H3,(H,17,20). The predicted molar refractivity (Wildman–Crippen MR) is 76.4 cm³/mol. The minimum Gasteiger partial charge on any atom is -0.392 e. The van der Waals surface area contributed by atoms with Gasteiger partial charge in [-0.25, -0.2) is 4.39 Å². The van der Waals surface area contributed by atoms with E-state index in [4.69, 9.17) is 0 Å². The summed E-state index contributed by atoms with van der Waals surface area (Å²) in [5.41, 5.74) is 0.260. The molecule has 2 amide bonds. The molecule has 0 heterocycles. The Hall–Kier alpha value is -1.95. The SMILES string of the molecule is CN(C)C(=O)c1cc(NC(=O)C2CCCC2O)ccc1F. The zero-order valence-corrected chi connectivity index (χ0v) is 12.1. The Balaban J connectivity index is 2.16. The molecule has 6 heteroatoms. The highest BCUT2D eigenvalue weighted by atomic mass is 19.1. The highest BCUT2D eigenvalue weighted by Crippen LogP contribution is 2.27. The van der Waals surface area contributed by atoms with E-state index in [1.807, 2.05) is 0 Å². The maximum absolute atomic E-state index is 13.7. The first-order valence-corrected chi connectivity index (χ1v) is 6.90. The van der Waals surface area contributed by atoms with Crippen molar-refractivity contribution in [3.63, 3.8) is 0 Å². The number of benzene rings is 1. The number of amides is 2. The topological polar surface area (TPSA) is 69.6 Å². The summed E-state index contributed by atoms with van der Waals surface area (Å²) in [5, 5.41) is 12.4. The van der Waals surface area contributed by atoms with Crippen molar-refractivity contribution in [2.24, 2.45) is 5.92 Å². The number of hydrogen-bond donors (Lipinski definition) is 2. The number of anilines is 1.